The molecule has 3 N–H and O–H groups in total. The zero-order valence-corrected chi connectivity index (χ0v) is 6.90. The molecule has 0 saturated heterocycles. The quantitative estimate of drug-likeness (QED) is 0.675. The molecule has 0 amide bonds. The van der Waals surface area contributed by atoms with Gasteiger partial charge in [0.05, 0.1) is 12.6 Å². The van der Waals surface area contributed by atoms with Crippen molar-refractivity contribution in [3.63, 3.8) is 0 Å². The lowest BCUT2D eigenvalue weighted by Crippen LogP contribution is -2.16. The van der Waals surface area contributed by atoms with Crippen LogP contribution in [-0.2, 0) is 0 Å². The summed E-state index contributed by atoms with van der Waals surface area (Å²) in [5, 5.41) is 8.74. The monoisotopic (exact) mass is 183 g/mol. The number of nitrogens with two attached hydrogens (primary N) is 1. The van der Waals surface area contributed by atoms with Crippen molar-refractivity contribution in [1.82, 2.24) is 0 Å². The van der Waals surface area contributed by atoms with E-state index in [4.69, 9.17) is 10.8 Å². The van der Waals surface area contributed by atoms with Gasteiger partial charge in [0.1, 0.15) is 12.1 Å². The molecule has 1 unspecified atom stereocenters. The largest absolute Gasteiger partial charge is 0.394 e. The molecule has 0 aromatic heterocycles. The highest BCUT2D eigenvalue weighted by Gasteiger charge is 2.10. The zero-order valence-electron chi connectivity index (χ0n) is 6.90. The molecule has 1 atom stereocenters. The normalized spacial score (nSPS) is 12.5. The Labute approximate surface area is 75.0 Å². The van der Waals surface area contributed by atoms with Crippen molar-refractivity contribution >= 4 is 6.29 Å². The van der Waals surface area contributed by atoms with Crippen LogP contribution in [-0.4, -0.2) is 18.0 Å². The van der Waals surface area contributed by atoms with E-state index >= 15 is 0 Å². The number of carbonyl (C=O) groups is 1. The average molecular weight is 183 g/mol. The van der Waals surface area contributed by atoms with Gasteiger partial charge in [0.2, 0.25) is 0 Å². The van der Waals surface area contributed by atoms with Gasteiger partial charge < -0.3 is 10.8 Å². The van der Waals surface area contributed by atoms with E-state index in [1.807, 2.05) is 0 Å². The first-order chi connectivity index (χ1) is 6.19. The number of aliphatic hydroxyl groups excluding tert-OH is 1. The number of halogens is 1. The summed E-state index contributed by atoms with van der Waals surface area (Å²) >= 11 is 0. The number of rotatable bonds is 3. The first kappa shape index (κ1) is 9.83. The minimum Gasteiger partial charge on any atom is -0.394 e. The summed E-state index contributed by atoms with van der Waals surface area (Å²) in [6.45, 7) is -0.315. The van der Waals surface area contributed by atoms with Crippen molar-refractivity contribution in [1.29, 1.82) is 0 Å². The van der Waals surface area contributed by atoms with Crippen LogP contribution < -0.4 is 5.73 Å². The predicted octanol–water partition coefficient (Wildman–Crippen LogP) is 0.630. The highest BCUT2D eigenvalue weighted by Crippen LogP contribution is 2.15. The third-order valence-corrected chi connectivity index (χ3v) is 1.77. The molecule has 1 aromatic rings. The average Bonchev–Trinajstić information content (AvgIpc) is 2.16. The number of hydrogen-bond donors (Lipinski definition) is 2. The Hall–Kier alpha value is -1.26. The fourth-order valence-corrected chi connectivity index (χ4v) is 1.07. The lowest BCUT2D eigenvalue weighted by molar-refractivity contribution is 0.112. The van der Waals surface area contributed by atoms with Crippen molar-refractivity contribution in [3.05, 3.63) is 35.1 Å². The molecule has 0 spiro atoms. The van der Waals surface area contributed by atoms with E-state index < -0.39 is 11.9 Å². The molecular weight excluding hydrogens is 173 g/mol. The Balaban J connectivity index is 3.15. The Kier molecular flexibility index (Phi) is 3.11. The van der Waals surface area contributed by atoms with Gasteiger partial charge in [0, 0.05) is 5.56 Å². The van der Waals surface area contributed by atoms with Crippen LogP contribution in [0.15, 0.2) is 18.2 Å². The number of aliphatic hydroxyl groups is 1. The standard InChI is InChI=1S/C9H10FNO2/c10-7-2-1-6(4-12)8(3-7)9(11)5-13/h1-4,9,13H,5,11H2. The van der Waals surface area contributed by atoms with Crippen molar-refractivity contribution in [3.8, 4) is 0 Å². The molecule has 3 nitrogen and oxygen atoms in total. The molecular formula is C9H10FNO2. The Bertz CT molecular complexity index is 314. The molecule has 0 heterocycles. The molecule has 13 heavy (non-hydrogen) atoms. The Morgan fingerprint density at radius 1 is 1.62 bits per heavy atom. The minimum absolute atomic E-state index is 0.308. The molecule has 0 aliphatic carbocycles. The molecule has 0 saturated carbocycles. The second-order valence-electron chi connectivity index (χ2n) is 2.68. The molecule has 1 aromatic carbocycles. The van der Waals surface area contributed by atoms with E-state index in [2.05, 4.69) is 0 Å². The maximum absolute atomic E-state index is 12.7. The van der Waals surface area contributed by atoms with Crippen molar-refractivity contribution in [2.24, 2.45) is 5.73 Å². The SMILES string of the molecule is NC(CO)c1cc(F)ccc1C=O. The number of carbonyl (C=O) groups excluding carboxylic acids is 1. The van der Waals surface area contributed by atoms with E-state index in [1.54, 1.807) is 0 Å². The van der Waals surface area contributed by atoms with E-state index in [-0.39, 0.29) is 6.61 Å². The second kappa shape index (κ2) is 4.11. The molecule has 4 heteroatoms. The van der Waals surface area contributed by atoms with E-state index in [9.17, 15) is 9.18 Å². The maximum Gasteiger partial charge on any atom is 0.150 e. The van der Waals surface area contributed by atoms with Crippen molar-refractivity contribution < 1.29 is 14.3 Å². The lowest BCUT2D eigenvalue weighted by atomic mass is 10.0. The molecule has 0 bridgehead atoms. The summed E-state index contributed by atoms with van der Waals surface area (Å²) < 4.78 is 12.7. The summed E-state index contributed by atoms with van der Waals surface area (Å²) in [5.41, 5.74) is 6.10. The summed E-state index contributed by atoms with van der Waals surface area (Å²) in [7, 11) is 0. The first-order valence-corrected chi connectivity index (χ1v) is 3.80. The Morgan fingerprint density at radius 2 is 2.31 bits per heavy atom. The fourth-order valence-electron chi connectivity index (χ4n) is 1.07. The maximum atomic E-state index is 12.7. The molecule has 0 radical (unpaired) electrons. The molecule has 70 valence electrons. The van der Waals surface area contributed by atoms with Gasteiger partial charge in [-0.2, -0.15) is 0 Å². The van der Waals surface area contributed by atoms with Crippen LogP contribution in [0.1, 0.15) is 22.0 Å². The third-order valence-electron chi connectivity index (χ3n) is 1.77. The number of benzene rings is 1. The van der Waals surface area contributed by atoms with Gasteiger partial charge in [-0.3, -0.25) is 4.79 Å². The molecule has 0 fully saturated rings. The second-order valence-corrected chi connectivity index (χ2v) is 2.68. The minimum atomic E-state index is -0.712. The van der Waals surface area contributed by atoms with Crippen LogP contribution in [0.3, 0.4) is 0 Å². The zero-order chi connectivity index (χ0) is 9.84. The van der Waals surface area contributed by atoms with Gasteiger partial charge in [-0.25, -0.2) is 4.39 Å². The van der Waals surface area contributed by atoms with Gasteiger partial charge in [-0.05, 0) is 23.8 Å². The van der Waals surface area contributed by atoms with Crippen LogP contribution >= 0.6 is 0 Å². The lowest BCUT2D eigenvalue weighted by Gasteiger charge is -2.10. The summed E-state index contributed by atoms with van der Waals surface area (Å²) in [6.07, 6.45) is 0.588. The molecule has 1 rings (SSSR count). The van der Waals surface area contributed by atoms with Crippen LogP contribution in [0.2, 0.25) is 0 Å². The number of aldehydes is 1. The van der Waals surface area contributed by atoms with Crippen LogP contribution in [0.4, 0.5) is 4.39 Å². The number of hydrogen-bond acceptors (Lipinski definition) is 3. The van der Waals surface area contributed by atoms with Crippen LogP contribution in [0.5, 0.6) is 0 Å². The van der Waals surface area contributed by atoms with Gasteiger partial charge in [-0.15, -0.1) is 0 Å². The molecule has 0 aliphatic heterocycles. The van der Waals surface area contributed by atoms with Gasteiger partial charge >= 0.3 is 0 Å². The smallest absolute Gasteiger partial charge is 0.150 e. The van der Waals surface area contributed by atoms with Gasteiger partial charge in [0.15, 0.2) is 0 Å². The summed E-state index contributed by atoms with van der Waals surface area (Å²) in [5.74, 6) is -0.468. The first-order valence-electron chi connectivity index (χ1n) is 3.80. The van der Waals surface area contributed by atoms with Gasteiger partial charge in [-0.1, -0.05) is 0 Å². The predicted molar refractivity (Wildman–Crippen MR) is 45.8 cm³/mol. The summed E-state index contributed by atoms with van der Waals surface area (Å²) in [4.78, 5) is 10.5. The van der Waals surface area contributed by atoms with Crippen LogP contribution in [0.25, 0.3) is 0 Å². The molecule has 0 aliphatic rings. The highest BCUT2D eigenvalue weighted by molar-refractivity contribution is 5.77. The summed E-state index contributed by atoms with van der Waals surface area (Å²) in [6, 6.07) is 2.96. The van der Waals surface area contributed by atoms with Crippen molar-refractivity contribution in [2.75, 3.05) is 6.61 Å². The van der Waals surface area contributed by atoms with E-state index in [1.165, 1.54) is 12.1 Å². The van der Waals surface area contributed by atoms with Gasteiger partial charge in [0.25, 0.3) is 0 Å². The van der Waals surface area contributed by atoms with Crippen LogP contribution in [0, 0.1) is 5.82 Å². The van der Waals surface area contributed by atoms with E-state index in [0.717, 1.165) is 6.07 Å². The third kappa shape index (κ3) is 2.11. The van der Waals surface area contributed by atoms with Crippen molar-refractivity contribution in [2.45, 2.75) is 6.04 Å². The highest BCUT2D eigenvalue weighted by atomic mass is 19.1. The topological polar surface area (TPSA) is 63.3 Å². The van der Waals surface area contributed by atoms with E-state index in [0.29, 0.717) is 17.4 Å². The fraction of sp³-hybridized carbons (Fsp3) is 0.222. The Morgan fingerprint density at radius 3 is 2.85 bits per heavy atom.